The average Bonchev–Trinajstić information content (AvgIpc) is 2.44. The summed E-state index contributed by atoms with van der Waals surface area (Å²) in [5, 5.41) is 22.3. The largest absolute Gasteiger partial charge is 0.334 e. The predicted octanol–water partition coefficient (Wildman–Crippen LogP) is 3.06. The Kier molecular flexibility index (Phi) is 5.06. The number of nitro groups is 1. The molecule has 0 aliphatic carbocycles. The molecule has 1 aromatic carbocycles. The fourth-order valence-electron chi connectivity index (χ4n) is 1.70. The molecule has 0 saturated carbocycles. The first kappa shape index (κ1) is 15.9. The van der Waals surface area contributed by atoms with E-state index in [9.17, 15) is 14.9 Å². The smallest absolute Gasteiger partial charge is 0.287 e. The summed E-state index contributed by atoms with van der Waals surface area (Å²) in [7, 11) is 0. The molecule has 1 amide bonds. The monoisotopic (exact) mass is 295 g/mol. The number of nitriles is 1. The number of halogens is 1. The highest BCUT2D eigenvalue weighted by Gasteiger charge is 2.28. The Morgan fingerprint density at radius 3 is 2.50 bits per heavy atom. The summed E-state index contributed by atoms with van der Waals surface area (Å²) in [6.07, 6.45) is 0.929. The molecular weight excluding hydrogens is 282 g/mol. The van der Waals surface area contributed by atoms with Gasteiger partial charge in [-0.05, 0) is 25.0 Å². The van der Waals surface area contributed by atoms with Crippen LogP contribution in [0.5, 0.6) is 0 Å². The molecule has 0 aliphatic rings. The van der Waals surface area contributed by atoms with E-state index in [-0.39, 0.29) is 16.3 Å². The molecule has 20 heavy (non-hydrogen) atoms. The second-order valence-corrected chi connectivity index (χ2v) is 4.69. The molecule has 6 nitrogen and oxygen atoms in total. The highest BCUT2D eigenvalue weighted by molar-refractivity contribution is 6.33. The van der Waals surface area contributed by atoms with Crippen molar-refractivity contribution in [1.82, 2.24) is 5.32 Å². The van der Waals surface area contributed by atoms with E-state index >= 15 is 0 Å². The third-order valence-electron chi connectivity index (χ3n) is 3.18. The number of benzene rings is 1. The molecule has 0 aliphatic heterocycles. The number of carbonyl (C=O) groups is 1. The fraction of sp³-hybridized carbons (Fsp3) is 0.385. The summed E-state index contributed by atoms with van der Waals surface area (Å²) in [5.41, 5.74) is -1.02. The Morgan fingerprint density at radius 1 is 1.50 bits per heavy atom. The van der Waals surface area contributed by atoms with Crippen LogP contribution in [0.1, 0.15) is 37.0 Å². The van der Waals surface area contributed by atoms with Crippen LogP contribution in [0.25, 0.3) is 0 Å². The number of nitro benzene ring substituents is 1. The van der Waals surface area contributed by atoms with Crippen LogP contribution in [0.2, 0.25) is 5.02 Å². The molecule has 0 fully saturated rings. The van der Waals surface area contributed by atoms with Gasteiger partial charge in [0, 0.05) is 11.6 Å². The summed E-state index contributed by atoms with van der Waals surface area (Å²) >= 11 is 5.75. The van der Waals surface area contributed by atoms with Crippen molar-refractivity contribution in [3.8, 4) is 6.07 Å². The summed E-state index contributed by atoms with van der Waals surface area (Å²) in [6, 6.07) is 5.79. The van der Waals surface area contributed by atoms with Crippen molar-refractivity contribution in [2.75, 3.05) is 0 Å². The normalized spacial score (nSPS) is 10.7. The zero-order valence-corrected chi connectivity index (χ0v) is 11.9. The van der Waals surface area contributed by atoms with Crippen LogP contribution < -0.4 is 5.32 Å². The minimum absolute atomic E-state index is 0.113. The molecule has 7 heteroatoms. The van der Waals surface area contributed by atoms with E-state index in [4.69, 9.17) is 16.9 Å². The van der Waals surface area contributed by atoms with Crippen molar-refractivity contribution in [3.05, 3.63) is 38.9 Å². The topological polar surface area (TPSA) is 96.0 Å². The van der Waals surface area contributed by atoms with Crippen molar-refractivity contribution >= 4 is 23.2 Å². The van der Waals surface area contributed by atoms with Gasteiger partial charge in [0.2, 0.25) is 0 Å². The van der Waals surface area contributed by atoms with Gasteiger partial charge < -0.3 is 5.32 Å². The standard InChI is InChI=1S/C13H14ClN3O3/c1-3-13(4-2,8-15)16-12(18)9-5-6-11(17(19)20)10(14)7-9/h5-7H,3-4H2,1-2H3,(H,16,18). The third kappa shape index (κ3) is 3.25. The van der Waals surface area contributed by atoms with Crippen LogP contribution in [0.3, 0.4) is 0 Å². The predicted molar refractivity (Wildman–Crippen MR) is 74.5 cm³/mol. The molecule has 0 unspecified atom stereocenters. The number of nitrogens with zero attached hydrogens (tertiary/aromatic N) is 2. The number of hydrogen-bond acceptors (Lipinski definition) is 4. The van der Waals surface area contributed by atoms with Crippen molar-refractivity contribution in [2.24, 2.45) is 0 Å². The number of carbonyl (C=O) groups excluding carboxylic acids is 1. The average molecular weight is 296 g/mol. The number of nitrogens with one attached hydrogen (secondary N) is 1. The Hall–Kier alpha value is -2.13. The van der Waals surface area contributed by atoms with Gasteiger partial charge >= 0.3 is 0 Å². The highest BCUT2D eigenvalue weighted by Crippen LogP contribution is 2.25. The van der Waals surface area contributed by atoms with Crippen LogP contribution in [-0.4, -0.2) is 16.4 Å². The van der Waals surface area contributed by atoms with Gasteiger partial charge in [0.25, 0.3) is 11.6 Å². The Bertz CT molecular complexity index is 577. The quantitative estimate of drug-likeness (QED) is 0.667. The number of amides is 1. The number of rotatable bonds is 5. The molecule has 1 N–H and O–H groups in total. The molecule has 0 radical (unpaired) electrons. The molecule has 106 valence electrons. The van der Waals surface area contributed by atoms with Crippen LogP contribution in [0.15, 0.2) is 18.2 Å². The fourth-order valence-corrected chi connectivity index (χ4v) is 1.95. The molecule has 0 heterocycles. The lowest BCUT2D eigenvalue weighted by Gasteiger charge is -2.24. The first-order valence-corrected chi connectivity index (χ1v) is 6.44. The maximum absolute atomic E-state index is 12.1. The van der Waals surface area contributed by atoms with E-state index in [1.54, 1.807) is 13.8 Å². The second kappa shape index (κ2) is 6.35. The lowest BCUT2D eigenvalue weighted by Crippen LogP contribution is -2.46. The van der Waals surface area contributed by atoms with E-state index in [1.165, 1.54) is 18.2 Å². The molecule has 0 aromatic heterocycles. The van der Waals surface area contributed by atoms with Crippen LogP contribution in [0, 0.1) is 21.4 Å². The SMILES string of the molecule is CCC(C#N)(CC)NC(=O)c1ccc([N+](=O)[O-])c(Cl)c1. The number of hydrogen-bond donors (Lipinski definition) is 1. The summed E-state index contributed by atoms with van der Waals surface area (Å²) < 4.78 is 0. The van der Waals surface area contributed by atoms with Gasteiger partial charge in [0.1, 0.15) is 10.6 Å². The van der Waals surface area contributed by atoms with Crippen LogP contribution >= 0.6 is 11.6 Å². The Labute approximate surface area is 121 Å². The van der Waals surface area contributed by atoms with Crippen molar-refractivity contribution in [3.63, 3.8) is 0 Å². The van der Waals surface area contributed by atoms with E-state index < -0.39 is 16.4 Å². The van der Waals surface area contributed by atoms with Crippen molar-refractivity contribution in [1.29, 1.82) is 5.26 Å². The summed E-state index contributed by atoms with van der Waals surface area (Å²) in [4.78, 5) is 22.1. The van der Waals surface area contributed by atoms with Crippen molar-refractivity contribution in [2.45, 2.75) is 32.2 Å². The molecular formula is C13H14ClN3O3. The zero-order chi connectivity index (χ0) is 15.3. The van der Waals surface area contributed by atoms with E-state index in [1.807, 2.05) is 0 Å². The maximum atomic E-state index is 12.1. The molecule has 0 atom stereocenters. The molecule has 0 bridgehead atoms. The highest BCUT2D eigenvalue weighted by atomic mass is 35.5. The maximum Gasteiger partial charge on any atom is 0.287 e. The lowest BCUT2D eigenvalue weighted by molar-refractivity contribution is -0.384. The zero-order valence-electron chi connectivity index (χ0n) is 11.1. The first-order chi connectivity index (χ1) is 9.39. The van der Waals surface area contributed by atoms with Gasteiger partial charge in [0.05, 0.1) is 11.0 Å². The van der Waals surface area contributed by atoms with Gasteiger partial charge in [-0.15, -0.1) is 0 Å². The van der Waals surface area contributed by atoms with Gasteiger partial charge in [0.15, 0.2) is 0 Å². The minimum atomic E-state index is -0.939. The molecule has 0 saturated heterocycles. The van der Waals surface area contributed by atoms with Gasteiger partial charge in [-0.1, -0.05) is 25.4 Å². The third-order valence-corrected chi connectivity index (χ3v) is 3.48. The summed E-state index contributed by atoms with van der Waals surface area (Å²) in [6.45, 7) is 3.60. The molecule has 1 rings (SSSR count). The summed E-state index contributed by atoms with van der Waals surface area (Å²) in [5.74, 6) is -0.480. The van der Waals surface area contributed by atoms with Gasteiger partial charge in [-0.3, -0.25) is 14.9 Å². The van der Waals surface area contributed by atoms with E-state index in [2.05, 4.69) is 11.4 Å². The second-order valence-electron chi connectivity index (χ2n) is 4.28. The minimum Gasteiger partial charge on any atom is -0.334 e. The van der Waals surface area contributed by atoms with Gasteiger partial charge in [-0.25, -0.2) is 0 Å². The lowest BCUT2D eigenvalue weighted by atomic mass is 9.94. The van der Waals surface area contributed by atoms with Crippen molar-refractivity contribution < 1.29 is 9.72 Å². The van der Waals surface area contributed by atoms with E-state index in [0.717, 1.165) is 0 Å². The first-order valence-electron chi connectivity index (χ1n) is 6.06. The Morgan fingerprint density at radius 2 is 2.10 bits per heavy atom. The van der Waals surface area contributed by atoms with E-state index in [0.29, 0.717) is 12.8 Å². The van der Waals surface area contributed by atoms with Crippen LogP contribution in [0.4, 0.5) is 5.69 Å². The van der Waals surface area contributed by atoms with Gasteiger partial charge in [-0.2, -0.15) is 5.26 Å². The van der Waals surface area contributed by atoms with Crippen LogP contribution in [-0.2, 0) is 0 Å². The molecule has 1 aromatic rings. The Balaban J connectivity index is 3.02. The molecule has 0 spiro atoms.